The molecule has 1 heterocycles. The molecule has 0 aromatic carbocycles. The Bertz CT molecular complexity index is 403. The smallest absolute Gasteiger partial charge is 0.242 e. The van der Waals surface area contributed by atoms with E-state index in [9.17, 15) is 4.79 Å². The summed E-state index contributed by atoms with van der Waals surface area (Å²) in [5, 5.41) is 0. The molecule has 118 valence electrons. The molecule has 1 amide bonds. The van der Waals surface area contributed by atoms with Crippen molar-refractivity contribution in [2.75, 3.05) is 20.3 Å². The Hall–Kier alpha value is -0.610. The zero-order chi connectivity index (χ0) is 14.6. The summed E-state index contributed by atoms with van der Waals surface area (Å²) in [5.74, 6) is 3.53. The Morgan fingerprint density at radius 3 is 2.10 bits per heavy atom. The van der Waals surface area contributed by atoms with Crippen LogP contribution in [0.4, 0.5) is 0 Å². The zero-order valence-corrected chi connectivity index (χ0v) is 13.1. The van der Waals surface area contributed by atoms with Crippen LogP contribution in [0.3, 0.4) is 0 Å². The summed E-state index contributed by atoms with van der Waals surface area (Å²) >= 11 is 0. The highest BCUT2D eigenvalue weighted by Gasteiger charge is 2.52. The number of likely N-dealkylation sites (N-methyl/N-ethyl adjacent to an activating group) is 1. The molecular weight excluding hydrogens is 264 g/mol. The molecule has 0 unspecified atom stereocenters. The van der Waals surface area contributed by atoms with Crippen LogP contribution in [-0.2, 0) is 9.53 Å². The molecule has 5 aliphatic rings. The third kappa shape index (κ3) is 2.22. The van der Waals surface area contributed by atoms with Crippen molar-refractivity contribution >= 4 is 5.91 Å². The molecule has 5 fully saturated rings. The van der Waals surface area contributed by atoms with Crippen LogP contribution in [0.25, 0.3) is 0 Å². The maximum absolute atomic E-state index is 13.0. The monoisotopic (exact) mass is 292 g/mol. The lowest BCUT2D eigenvalue weighted by Crippen LogP contribution is -2.63. The van der Waals surface area contributed by atoms with Gasteiger partial charge in [0.2, 0.25) is 5.91 Å². The first-order chi connectivity index (χ1) is 10.1. The molecule has 0 spiro atoms. The van der Waals surface area contributed by atoms with E-state index in [0.29, 0.717) is 32.1 Å². The molecule has 4 heteroatoms. The van der Waals surface area contributed by atoms with Crippen molar-refractivity contribution in [1.29, 1.82) is 0 Å². The maximum Gasteiger partial charge on any atom is 0.242 e. The predicted molar refractivity (Wildman–Crippen MR) is 80.6 cm³/mol. The van der Waals surface area contributed by atoms with Crippen LogP contribution in [0.2, 0.25) is 0 Å². The first-order valence-electron chi connectivity index (χ1n) is 8.71. The summed E-state index contributed by atoms with van der Waals surface area (Å²) in [5.41, 5.74) is 5.75. The number of rotatable bonds is 2. The SMILES string of the molecule is CN(C(=O)C1(N)CCOCC1)C1C2CC3CC(C2)CC1C3. The average Bonchev–Trinajstić information content (AvgIpc) is 2.46. The molecule has 4 nitrogen and oxygen atoms in total. The Balaban J connectivity index is 1.52. The summed E-state index contributed by atoms with van der Waals surface area (Å²) in [6.07, 6.45) is 8.17. The van der Waals surface area contributed by atoms with Gasteiger partial charge in [-0.2, -0.15) is 0 Å². The minimum Gasteiger partial charge on any atom is -0.381 e. The fraction of sp³-hybridized carbons (Fsp3) is 0.941. The minimum atomic E-state index is -0.679. The lowest BCUT2D eigenvalue weighted by Gasteiger charge is -2.57. The maximum atomic E-state index is 13.0. The molecule has 0 radical (unpaired) electrons. The Kier molecular flexibility index (Phi) is 3.30. The Morgan fingerprint density at radius 2 is 1.57 bits per heavy atom. The topological polar surface area (TPSA) is 55.6 Å². The standard InChI is InChI=1S/C17H28N2O2/c1-19(16(20)17(18)2-4-21-5-3-17)15-13-7-11-6-12(9-13)10-14(15)8-11/h11-15H,2-10,18H2,1H3. The number of hydrogen-bond acceptors (Lipinski definition) is 3. The lowest BCUT2D eigenvalue weighted by molar-refractivity contribution is -0.150. The van der Waals surface area contributed by atoms with E-state index in [1.165, 1.54) is 32.1 Å². The minimum absolute atomic E-state index is 0.170. The molecule has 4 bridgehead atoms. The number of hydrogen-bond donors (Lipinski definition) is 1. The Morgan fingerprint density at radius 1 is 1.05 bits per heavy atom. The first kappa shape index (κ1) is 14.0. The van der Waals surface area contributed by atoms with Gasteiger partial charge in [0.05, 0.1) is 5.54 Å². The zero-order valence-electron chi connectivity index (χ0n) is 13.1. The van der Waals surface area contributed by atoms with Gasteiger partial charge in [-0.15, -0.1) is 0 Å². The second-order valence-electron chi connectivity index (χ2n) is 8.11. The molecule has 0 atom stereocenters. The van der Waals surface area contributed by atoms with Crippen molar-refractivity contribution in [1.82, 2.24) is 4.90 Å². The summed E-state index contributed by atoms with van der Waals surface area (Å²) in [6, 6.07) is 0.452. The van der Waals surface area contributed by atoms with Crippen LogP contribution in [0.15, 0.2) is 0 Å². The number of carbonyl (C=O) groups excluding carboxylic acids is 1. The van der Waals surface area contributed by atoms with Crippen molar-refractivity contribution in [2.24, 2.45) is 29.4 Å². The second-order valence-corrected chi connectivity index (χ2v) is 8.11. The molecule has 0 aromatic rings. The lowest BCUT2D eigenvalue weighted by atomic mass is 9.54. The van der Waals surface area contributed by atoms with Crippen molar-refractivity contribution < 1.29 is 9.53 Å². The van der Waals surface area contributed by atoms with Crippen LogP contribution in [0.5, 0.6) is 0 Å². The average molecular weight is 292 g/mol. The van der Waals surface area contributed by atoms with E-state index in [1.807, 2.05) is 7.05 Å². The van der Waals surface area contributed by atoms with E-state index in [2.05, 4.69) is 4.90 Å². The summed E-state index contributed by atoms with van der Waals surface area (Å²) in [6.45, 7) is 1.25. The highest BCUT2D eigenvalue weighted by Crippen LogP contribution is 2.55. The molecule has 2 N–H and O–H groups in total. The van der Waals surface area contributed by atoms with Gasteiger partial charge in [0, 0.05) is 26.3 Å². The van der Waals surface area contributed by atoms with Gasteiger partial charge >= 0.3 is 0 Å². The van der Waals surface area contributed by atoms with Crippen molar-refractivity contribution in [3.05, 3.63) is 0 Å². The molecule has 4 aliphatic carbocycles. The molecule has 21 heavy (non-hydrogen) atoms. The Labute approximate surface area is 127 Å². The predicted octanol–water partition coefficient (Wildman–Crippen LogP) is 1.78. The van der Waals surface area contributed by atoms with E-state index in [0.717, 1.165) is 23.7 Å². The van der Waals surface area contributed by atoms with Gasteiger partial charge < -0.3 is 15.4 Å². The first-order valence-corrected chi connectivity index (χ1v) is 8.71. The van der Waals surface area contributed by atoms with Crippen LogP contribution < -0.4 is 5.73 Å². The third-order valence-electron chi connectivity index (χ3n) is 6.76. The number of carbonyl (C=O) groups is 1. The molecule has 1 aliphatic heterocycles. The van der Waals surface area contributed by atoms with Gasteiger partial charge in [-0.1, -0.05) is 0 Å². The molecular formula is C17H28N2O2. The fourth-order valence-electron chi connectivity index (χ4n) is 5.96. The van der Waals surface area contributed by atoms with Gasteiger partial charge in [-0.05, 0) is 68.6 Å². The highest BCUT2D eigenvalue weighted by atomic mass is 16.5. The highest BCUT2D eigenvalue weighted by molar-refractivity contribution is 5.86. The fourth-order valence-corrected chi connectivity index (χ4v) is 5.96. The number of amides is 1. The molecule has 0 aromatic heterocycles. The van der Waals surface area contributed by atoms with Gasteiger partial charge in [-0.3, -0.25) is 4.79 Å². The van der Waals surface area contributed by atoms with Crippen LogP contribution in [-0.4, -0.2) is 42.6 Å². The largest absolute Gasteiger partial charge is 0.381 e. The summed E-state index contributed by atoms with van der Waals surface area (Å²) in [4.78, 5) is 15.0. The van der Waals surface area contributed by atoms with Gasteiger partial charge in [-0.25, -0.2) is 0 Å². The number of ether oxygens (including phenoxy) is 1. The number of nitrogens with two attached hydrogens (primary N) is 1. The van der Waals surface area contributed by atoms with E-state index in [1.54, 1.807) is 0 Å². The third-order valence-corrected chi connectivity index (χ3v) is 6.76. The van der Waals surface area contributed by atoms with Crippen molar-refractivity contribution in [3.8, 4) is 0 Å². The van der Waals surface area contributed by atoms with Crippen LogP contribution in [0, 0.1) is 23.7 Å². The van der Waals surface area contributed by atoms with Crippen molar-refractivity contribution in [2.45, 2.75) is 56.5 Å². The van der Waals surface area contributed by atoms with Gasteiger partial charge in [0.25, 0.3) is 0 Å². The van der Waals surface area contributed by atoms with Crippen LogP contribution in [0.1, 0.15) is 44.9 Å². The van der Waals surface area contributed by atoms with E-state index in [-0.39, 0.29) is 5.91 Å². The quantitative estimate of drug-likeness (QED) is 0.844. The molecule has 5 rings (SSSR count). The molecule has 4 saturated carbocycles. The van der Waals surface area contributed by atoms with E-state index in [4.69, 9.17) is 10.5 Å². The molecule has 1 saturated heterocycles. The van der Waals surface area contributed by atoms with Gasteiger partial charge in [0.15, 0.2) is 0 Å². The summed E-state index contributed by atoms with van der Waals surface area (Å²) in [7, 11) is 2.01. The van der Waals surface area contributed by atoms with E-state index < -0.39 is 5.54 Å². The van der Waals surface area contributed by atoms with E-state index >= 15 is 0 Å². The second kappa shape index (κ2) is 4.95. The number of nitrogens with zero attached hydrogens (tertiary/aromatic N) is 1. The van der Waals surface area contributed by atoms with Crippen LogP contribution >= 0.6 is 0 Å². The van der Waals surface area contributed by atoms with Crippen molar-refractivity contribution in [3.63, 3.8) is 0 Å². The van der Waals surface area contributed by atoms with Gasteiger partial charge in [0.1, 0.15) is 0 Å². The normalized spacial score (nSPS) is 43.8. The summed E-state index contributed by atoms with van der Waals surface area (Å²) < 4.78 is 5.38.